The molecule has 0 spiro atoms. The smallest absolute Gasteiger partial charge is 0.326 e. The number of rotatable bonds is 10. The second-order valence-corrected chi connectivity index (χ2v) is 6.33. The van der Waals surface area contributed by atoms with E-state index in [9.17, 15) is 14.7 Å². The van der Waals surface area contributed by atoms with Crippen molar-refractivity contribution in [2.75, 3.05) is 19.7 Å². The van der Waals surface area contributed by atoms with Crippen molar-refractivity contribution in [2.24, 2.45) is 0 Å². The number of carboxylic acid groups (broad SMARTS) is 1. The minimum Gasteiger partial charge on any atom is -0.480 e. The van der Waals surface area contributed by atoms with E-state index >= 15 is 0 Å². The maximum Gasteiger partial charge on any atom is 0.326 e. The van der Waals surface area contributed by atoms with Gasteiger partial charge in [0.25, 0.3) is 0 Å². The molecule has 0 aliphatic rings. The number of urea groups is 1. The van der Waals surface area contributed by atoms with Gasteiger partial charge in [0.05, 0.1) is 0 Å². The van der Waals surface area contributed by atoms with Crippen molar-refractivity contribution >= 4 is 12.0 Å². The maximum absolute atomic E-state index is 12.6. The number of benzene rings is 2. The number of aliphatic hydroxyl groups excluding tert-OH is 1. The van der Waals surface area contributed by atoms with E-state index in [0.717, 1.165) is 11.1 Å². The Morgan fingerprint density at radius 1 is 0.926 bits per heavy atom. The molecule has 0 aromatic heterocycles. The minimum absolute atomic E-state index is 0.0263. The van der Waals surface area contributed by atoms with Crippen molar-refractivity contribution in [1.29, 1.82) is 0 Å². The number of carbonyl (C=O) groups is 2. The van der Waals surface area contributed by atoms with Crippen LogP contribution in [0.2, 0.25) is 0 Å². The Bertz CT molecular complexity index is 707. The molecule has 0 saturated carbocycles. The number of carbonyl (C=O) groups excluding carboxylic acids is 1. The van der Waals surface area contributed by atoms with Gasteiger partial charge in [-0.2, -0.15) is 0 Å². The Labute approximate surface area is 159 Å². The molecular weight excluding hydrogens is 344 g/mol. The van der Waals surface area contributed by atoms with Crippen LogP contribution in [0.3, 0.4) is 0 Å². The van der Waals surface area contributed by atoms with E-state index in [4.69, 9.17) is 5.11 Å². The number of carboxylic acids is 1. The van der Waals surface area contributed by atoms with Gasteiger partial charge >= 0.3 is 12.0 Å². The standard InChI is InChI=1S/C21H26N2O4/c24-15-7-13-23(14-12-17-8-3-1-4-9-17)21(27)22-19(20(25)26)16-18-10-5-2-6-11-18/h1-6,8-11,19,24H,7,12-16H2,(H,22,27)(H,25,26). The third-order valence-electron chi connectivity index (χ3n) is 4.27. The van der Waals surface area contributed by atoms with Crippen molar-refractivity contribution < 1.29 is 19.8 Å². The molecule has 1 unspecified atom stereocenters. The Morgan fingerprint density at radius 3 is 2.07 bits per heavy atom. The van der Waals surface area contributed by atoms with Crippen molar-refractivity contribution in [3.05, 3.63) is 71.8 Å². The molecule has 3 N–H and O–H groups in total. The molecule has 1 atom stereocenters. The number of aliphatic carboxylic acids is 1. The predicted octanol–water partition coefficient (Wildman–Crippen LogP) is 2.32. The Morgan fingerprint density at radius 2 is 1.52 bits per heavy atom. The van der Waals surface area contributed by atoms with Gasteiger partial charge in [0.15, 0.2) is 0 Å². The van der Waals surface area contributed by atoms with Crippen LogP contribution in [-0.4, -0.2) is 52.9 Å². The number of nitrogens with one attached hydrogen (secondary N) is 1. The fourth-order valence-electron chi connectivity index (χ4n) is 2.78. The first-order valence-electron chi connectivity index (χ1n) is 9.07. The zero-order valence-corrected chi connectivity index (χ0v) is 15.3. The highest BCUT2D eigenvalue weighted by Gasteiger charge is 2.23. The number of amides is 2. The van der Waals surface area contributed by atoms with Gasteiger partial charge in [-0.3, -0.25) is 0 Å². The van der Waals surface area contributed by atoms with Gasteiger partial charge < -0.3 is 20.4 Å². The minimum atomic E-state index is -1.07. The van der Waals surface area contributed by atoms with E-state index in [1.165, 1.54) is 0 Å². The van der Waals surface area contributed by atoms with Gasteiger partial charge in [0.1, 0.15) is 6.04 Å². The summed E-state index contributed by atoms with van der Waals surface area (Å²) in [7, 11) is 0. The average molecular weight is 370 g/mol. The van der Waals surface area contributed by atoms with Crippen LogP contribution < -0.4 is 5.32 Å². The first kappa shape index (κ1) is 20.5. The maximum atomic E-state index is 12.6. The van der Waals surface area contributed by atoms with E-state index in [0.29, 0.717) is 25.9 Å². The second kappa shape index (κ2) is 11.0. The first-order valence-corrected chi connectivity index (χ1v) is 9.07. The summed E-state index contributed by atoms with van der Waals surface area (Å²) in [6, 6.07) is 17.5. The lowest BCUT2D eigenvalue weighted by Crippen LogP contribution is -2.49. The van der Waals surface area contributed by atoms with Crippen molar-refractivity contribution in [2.45, 2.75) is 25.3 Å². The number of hydrogen-bond donors (Lipinski definition) is 3. The lowest BCUT2D eigenvalue weighted by molar-refractivity contribution is -0.139. The Hall–Kier alpha value is -2.86. The van der Waals surface area contributed by atoms with Gasteiger partial charge in [0, 0.05) is 26.1 Å². The molecule has 6 nitrogen and oxygen atoms in total. The fraction of sp³-hybridized carbons (Fsp3) is 0.333. The van der Waals surface area contributed by atoms with Crippen LogP contribution in [0.5, 0.6) is 0 Å². The van der Waals surface area contributed by atoms with Crippen LogP contribution in [0.4, 0.5) is 4.79 Å². The largest absolute Gasteiger partial charge is 0.480 e. The molecule has 2 rings (SSSR count). The number of aliphatic hydroxyl groups is 1. The molecule has 0 aliphatic heterocycles. The highest BCUT2D eigenvalue weighted by molar-refractivity contribution is 5.82. The molecule has 6 heteroatoms. The number of hydrogen-bond acceptors (Lipinski definition) is 3. The summed E-state index contributed by atoms with van der Waals surface area (Å²) in [5.74, 6) is -1.07. The Balaban J connectivity index is 1.99. The van der Waals surface area contributed by atoms with Crippen LogP contribution in [-0.2, 0) is 17.6 Å². The average Bonchev–Trinajstić information content (AvgIpc) is 2.69. The molecule has 27 heavy (non-hydrogen) atoms. The SMILES string of the molecule is O=C(O)C(Cc1ccccc1)NC(=O)N(CCCO)CCc1ccccc1. The predicted molar refractivity (Wildman–Crippen MR) is 104 cm³/mol. The molecule has 0 fully saturated rings. The highest BCUT2D eigenvalue weighted by atomic mass is 16.4. The lowest BCUT2D eigenvalue weighted by atomic mass is 10.1. The van der Waals surface area contributed by atoms with Crippen LogP contribution >= 0.6 is 0 Å². The van der Waals surface area contributed by atoms with E-state index in [1.54, 1.807) is 4.90 Å². The first-order chi connectivity index (χ1) is 13.1. The topological polar surface area (TPSA) is 89.9 Å². The number of nitrogens with zero attached hydrogens (tertiary/aromatic N) is 1. The molecule has 0 bridgehead atoms. The van der Waals surface area contributed by atoms with Crippen LogP contribution in [0.1, 0.15) is 17.5 Å². The van der Waals surface area contributed by atoms with E-state index < -0.39 is 18.0 Å². The summed E-state index contributed by atoms with van der Waals surface area (Å²) in [6.07, 6.45) is 1.32. The normalized spacial score (nSPS) is 11.6. The summed E-state index contributed by atoms with van der Waals surface area (Å²) < 4.78 is 0. The van der Waals surface area contributed by atoms with Gasteiger partial charge in [0.2, 0.25) is 0 Å². The van der Waals surface area contributed by atoms with Gasteiger partial charge in [-0.25, -0.2) is 9.59 Å². The molecule has 144 valence electrons. The van der Waals surface area contributed by atoms with E-state index in [1.807, 2.05) is 60.7 Å². The van der Waals surface area contributed by atoms with Gasteiger partial charge in [-0.1, -0.05) is 60.7 Å². The van der Waals surface area contributed by atoms with Gasteiger partial charge in [-0.05, 0) is 24.0 Å². The monoisotopic (exact) mass is 370 g/mol. The van der Waals surface area contributed by atoms with Crippen molar-refractivity contribution in [3.8, 4) is 0 Å². The third-order valence-corrected chi connectivity index (χ3v) is 4.27. The zero-order chi connectivity index (χ0) is 19.5. The zero-order valence-electron chi connectivity index (χ0n) is 15.3. The third kappa shape index (κ3) is 7.11. The molecule has 0 heterocycles. The Kier molecular flexibility index (Phi) is 8.32. The molecular formula is C21H26N2O4. The second-order valence-electron chi connectivity index (χ2n) is 6.33. The summed E-state index contributed by atoms with van der Waals surface area (Å²) in [5.41, 5.74) is 1.94. The van der Waals surface area contributed by atoms with Gasteiger partial charge in [-0.15, -0.1) is 0 Å². The molecule has 2 amide bonds. The highest BCUT2D eigenvalue weighted by Crippen LogP contribution is 2.06. The summed E-state index contributed by atoms with van der Waals surface area (Å²) in [5, 5.41) is 21.2. The molecule has 0 radical (unpaired) electrons. The van der Waals surface area contributed by atoms with Crippen molar-refractivity contribution in [3.63, 3.8) is 0 Å². The van der Waals surface area contributed by atoms with E-state index in [-0.39, 0.29) is 13.0 Å². The summed E-state index contributed by atoms with van der Waals surface area (Å²) >= 11 is 0. The van der Waals surface area contributed by atoms with E-state index in [2.05, 4.69) is 5.32 Å². The summed E-state index contributed by atoms with van der Waals surface area (Å²) in [6.45, 7) is 0.794. The van der Waals surface area contributed by atoms with Crippen LogP contribution in [0.25, 0.3) is 0 Å². The molecule has 2 aromatic carbocycles. The fourth-order valence-corrected chi connectivity index (χ4v) is 2.78. The lowest BCUT2D eigenvalue weighted by Gasteiger charge is -2.25. The van der Waals surface area contributed by atoms with Crippen LogP contribution in [0.15, 0.2) is 60.7 Å². The molecule has 2 aromatic rings. The summed E-state index contributed by atoms with van der Waals surface area (Å²) in [4.78, 5) is 25.8. The van der Waals surface area contributed by atoms with Crippen LogP contribution in [0, 0.1) is 0 Å². The van der Waals surface area contributed by atoms with Crippen molar-refractivity contribution in [1.82, 2.24) is 10.2 Å². The quantitative estimate of drug-likeness (QED) is 0.599. The molecule has 0 saturated heterocycles. The molecule has 0 aliphatic carbocycles.